The fourth-order valence-electron chi connectivity index (χ4n) is 3.14. The van der Waals surface area contributed by atoms with E-state index >= 15 is 0 Å². The minimum absolute atomic E-state index is 0.0572. The lowest BCUT2D eigenvalue weighted by atomic mass is 10.1. The summed E-state index contributed by atoms with van der Waals surface area (Å²) in [5, 5.41) is 13.3. The molecule has 0 aliphatic heterocycles. The number of aromatic amines is 1. The first-order chi connectivity index (χ1) is 17.9. The molecule has 3 heterocycles. The molecule has 2 N–H and O–H groups in total. The number of thiazole rings is 1. The predicted octanol–water partition coefficient (Wildman–Crippen LogP) is 2.19. The summed E-state index contributed by atoms with van der Waals surface area (Å²) in [5.74, 6) is 0.166. The van der Waals surface area contributed by atoms with Gasteiger partial charge in [0.1, 0.15) is 16.7 Å². The van der Waals surface area contributed by atoms with Crippen molar-refractivity contribution in [2.75, 3.05) is 31.9 Å². The number of rotatable bonds is 12. The molecule has 0 atom stereocenters. The molecule has 37 heavy (non-hydrogen) atoms. The van der Waals surface area contributed by atoms with Crippen LogP contribution >= 0.6 is 11.3 Å². The topological polar surface area (TPSA) is 171 Å². The van der Waals surface area contributed by atoms with Crippen LogP contribution in [0.5, 0.6) is 5.88 Å². The highest BCUT2D eigenvalue weighted by Crippen LogP contribution is 2.26. The summed E-state index contributed by atoms with van der Waals surface area (Å²) in [6.07, 6.45) is 1.69. The van der Waals surface area contributed by atoms with E-state index in [1.807, 2.05) is 0 Å². The van der Waals surface area contributed by atoms with Crippen molar-refractivity contribution in [3.63, 3.8) is 0 Å². The summed E-state index contributed by atoms with van der Waals surface area (Å²) >= 11 is 1.16. The lowest BCUT2D eigenvalue weighted by Crippen LogP contribution is -2.24. The number of sulfone groups is 1. The van der Waals surface area contributed by atoms with Gasteiger partial charge in [0.25, 0.3) is 5.91 Å². The summed E-state index contributed by atoms with van der Waals surface area (Å²) in [7, 11) is -0.485. The second-order valence-electron chi connectivity index (χ2n) is 7.49. The number of methoxy groups -OCH3 is 2. The molecule has 0 radical (unpaired) electrons. The molecule has 3 aromatic heterocycles. The first kappa shape index (κ1) is 26.1. The van der Waals surface area contributed by atoms with Crippen molar-refractivity contribution in [1.29, 1.82) is 0 Å². The standard InChI is InChI=1S/C22H23N7O6S2/c1-33-10-3-11-37(31,32)15-6-4-14(5-7-15)19(29-35-12-17-23-13-24-28-17)20(30)27-22-25-16-8-9-18(34-2)26-21(16)36-22/h4-9,13H,3,10-12H2,1-2H3,(H,23,24,28)(H,25,27,30). The van der Waals surface area contributed by atoms with E-state index in [1.54, 1.807) is 12.1 Å². The van der Waals surface area contributed by atoms with Crippen molar-refractivity contribution in [2.24, 2.45) is 5.16 Å². The number of anilines is 1. The highest BCUT2D eigenvalue weighted by molar-refractivity contribution is 7.91. The monoisotopic (exact) mass is 545 g/mol. The fraction of sp³-hybridized carbons (Fsp3) is 0.273. The number of aromatic nitrogens is 5. The minimum atomic E-state index is -3.51. The van der Waals surface area contributed by atoms with E-state index in [1.165, 1.54) is 44.8 Å². The molecule has 194 valence electrons. The maximum Gasteiger partial charge on any atom is 0.280 e. The van der Waals surface area contributed by atoms with Crippen LogP contribution in [0.4, 0.5) is 5.13 Å². The number of benzene rings is 1. The second kappa shape index (κ2) is 11.9. The van der Waals surface area contributed by atoms with Crippen molar-refractivity contribution in [1.82, 2.24) is 25.1 Å². The molecule has 0 saturated heterocycles. The van der Waals surface area contributed by atoms with Gasteiger partial charge in [0.2, 0.25) is 5.88 Å². The summed E-state index contributed by atoms with van der Waals surface area (Å²) in [4.78, 5) is 31.8. The molecule has 4 aromatic rings. The third-order valence-corrected chi connectivity index (χ3v) is 7.64. The smallest absolute Gasteiger partial charge is 0.280 e. The van der Waals surface area contributed by atoms with Crippen molar-refractivity contribution < 1.29 is 27.5 Å². The number of nitrogens with zero attached hydrogens (tertiary/aromatic N) is 5. The molecule has 4 rings (SSSR count). The number of fused-ring (bicyclic) bond motifs is 1. The average Bonchev–Trinajstić information content (AvgIpc) is 3.55. The van der Waals surface area contributed by atoms with Gasteiger partial charge in [-0.25, -0.2) is 23.4 Å². The number of carbonyl (C=O) groups excluding carboxylic acids is 1. The van der Waals surface area contributed by atoms with Gasteiger partial charge in [0.05, 0.1) is 17.8 Å². The average molecular weight is 546 g/mol. The van der Waals surface area contributed by atoms with Gasteiger partial charge in [-0.2, -0.15) is 5.10 Å². The van der Waals surface area contributed by atoms with Crippen molar-refractivity contribution >= 4 is 48.3 Å². The molecule has 0 fully saturated rings. The highest BCUT2D eigenvalue weighted by atomic mass is 32.2. The van der Waals surface area contributed by atoms with Crippen molar-refractivity contribution in [2.45, 2.75) is 17.9 Å². The van der Waals surface area contributed by atoms with E-state index < -0.39 is 15.7 Å². The van der Waals surface area contributed by atoms with Crippen LogP contribution < -0.4 is 10.1 Å². The van der Waals surface area contributed by atoms with Gasteiger partial charge in [0, 0.05) is 25.3 Å². The Balaban J connectivity index is 1.57. The van der Waals surface area contributed by atoms with E-state index in [4.69, 9.17) is 14.3 Å². The molecule has 1 amide bonds. The van der Waals surface area contributed by atoms with Gasteiger partial charge in [-0.15, -0.1) is 0 Å². The molecule has 0 unspecified atom stereocenters. The molecule has 0 spiro atoms. The fourth-order valence-corrected chi connectivity index (χ4v) is 5.25. The van der Waals surface area contributed by atoms with Crippen LogP contribution in [-0.2, 0) is 30.8 Å². The van der Waals surface area contributed by atoms with Crippen molar-refractivity contribution in [3.05, 3.63) is 54.1 Å². The van der Waals surface area contributed by atoms with Gasteiger partial charge < -0.3 is 14.3 Å². The van der Waals surface area contributed by atoms with Gasteiger partial charge in [0.15, 0.2) is 33.1 Å². The quantitative estimate of drug-likeness (QED) is 0.153. The second-order valence-corrected chi connectivity index (χ2v) is 10.6. The Labute approximate surface area is 215 Å². The van der Waals surface area contributed by atoms with Crippen LogP contribution in [-0.4, -0.2) is 71.8 Å². The number of H-pyrrole nitrogens is 1. The first-order valence-corrected chi connectivity index (χ1v) is 13.4. The zero-order valence-electron chi connectivity index (χ0n) is 19.9. The Morgan fingerprint density at radius 2 is 1.95 bits per heavy atom. The molecule has 0 saturated carbocycles. The molecule has 0 aliphatic carbocycles. The summed E-state index contributed by atoms with van der Waals surface area (Å²) in [6.45, 7) is 0.276. The van der Waals surface area contributed by atoms with E-state index in [9.17, 15) is 13.2 Å². The van der Waals surface area contributed by atoms with Gasteiger partial charge in [-0.1, -0.05) is 28.6 Å². The maximum absolute atomic E-state index is 13.2. The number of ether oxygens (including phenoxy) is 2. The van der Waals surface area contributed by atoms with Crippen LogP contribution in [0.3, 0.4) is 0 Å². The molecular weight excluding hydrogens is 522 g/mol. The summed E-state index contributed by atoms with van der Waals surface area (Å²) < 4.78 is 35.2. The number of hydrogen-bond acceptors (Lipinski definition) is 12. The SMILES string of the molecule is COCCCS(=O)(=O)c1ccc(C(=NOCc2ncn[nH]2)C(=O)Nc2nc3ccc(OC)nc3s2)cc1. The lowest BCUT2D eigenvalue weighted by Gasteiger charge is -2.08. The van der Waals surface area contributed by atoms with E-state index in [0.717, 1.165) is 11.3 Å². The van der Waals surface area contributed by atoms with E-state index in [-0.39, 0.29) is 23.0 Å². The normalized spacial score (nSPS) is 12.0. The molecule has 15 heteroatoms. The Morgan fingerprint density at radius 3 is 2.65 bits per heavy atom. The number of nitrogens with one attached hydrogen (secondary N) is 2. The molecule has 1 aromatic carbocycles. The summed E-state index contributed by atoms with van der Waals surface area (Å²) in [6, 6.07) is 9.22. The van der Waals surface area contributed by atoms with Crippen LogP contribution in [0.2, 0.25) is 0 Å². The third-order valence-electron chi connectivity index (χ3n) is 4.95. The lowest BCUT2D eigenvalue weighted by molar-refractivity contribution is -0.110. The molecule has 0 aliphatic rings. The van der Waals surface area contributed by atoms with Gasteiger partial charge >= 0.3 is 0 Å². The molecular formula is C22H23N7O6S2. The third kappa shape index (κ3) is 6.63. The number of oxime groups is 1. The zero-order valence-corrected chi connectivity index (χ0v) is 21.5. The Kier molecular flexibility index (Phi) is 8.37. The first-order valence-electron chi connectivity index (χ1n) is 10.9. The largest absolute Gasteiger partial charge is 0.481 e. The number of pyridine rings is 1. The summed E-state index contributed by atoms with van der Waals surface area (Å²) in [5.41, 5.74) is 0.837. The van der Waals surface area contributed by atoms with Crippen LogP contribution in [0.25, 0.3) is 10.3 Å². The van der Waals surface area contributed by atoms with Crippen LogP contribution in [0, 0.1) is 0 Å². The van der Waals surface area contributed by atoms with Gasteiger partial charge in [-0.3, -0.25) is 15.2 Å². The molecule has 13 nitrogen and oxygen atoms in total. The van der Waals surface area contributed by atoms with E-state index in [2.05, 4.69) is 35.6 Å². The Bertz CT molecular complexity index is 1490. The Morgan fingerprint density at radius 1 is 1.14 bits per heavy atom. The molecule has 0 bridgehead atoms. The predicted molar refractivity (Wildman–Crippen MR) is 135 cm³/mol. The highest BCUT2D eigenvalue weighted by Gasteiger charge is 2.20. The maximum atomic E-state index is 13.2. The zero-order chi connectivity index (χ0) is 26.3. The van der Waals surface area contributed by atoms with Crippen LogP contribution in [0.1, 0.15) is 17.8 Å². The Hall–Kier alpha value is -3.95. The number of carbonyl (C=O) groups is 1. The van der Waals surface area contributed by atoms with Gasteiger partial charge in [-0.05, 0) is 24.6 Å². The number of amides is 1. The van der Waals surface area contributed by atoms with Crippen LogP contribution in [0.15, 0.2) is 52.8 Å². The van der Waals surface area contributed by atoms with Crippen molar-refractivity contribution in [3.8, 4) is 5.88 Å². The van der Waals surface area contributed by atoms with E-state index in [0.29, 0.717) is 45.8 Å². The number of hydrogen-bond donors (Lipinski definition) is 2. The minimum Gasteiger partial charge on any atom is -0.481 e.